The van der Waals surface area contributed by atoms with Gasteiger partial charge in [-0.1, -0.05) is 23.7 Å². The zero-order valence-corrected chi connectivity index (χ0v) is 12.8. The molecule has 0 unspecified atom stereocenters. The first-order valence-corrected chi connectivity index (χ1v) is 7.40. The van der Waals surface area contributed by atoms with Crippen LogP contribution in [0.4, 0.5) is 0 Å². The molecule has 6 heteroatoms. The third-order valence-corrected chi connectivity index (χ3v) is 3.59. The van der Waals surface area contributed by atoms with E-state index in [9.17, 15) is 0 Å². The molecule has 0 spiro atoms. The number of hydrazone groups is 1. The lowest BCUT2D eigenvalue weighted by atomic mass is 10.2. The van der Waals surface area contributed by atoms with Crippen LogP contribution in [0.15, 0.2) is 45.9 Å². The van der Waals surface area contributed by atoms with Gasteiger partial charge in [0.2, 0.25) is 0 Å². The van der Waals surface area contributed by atoms with Gasteiger partial charge in [0.25, 0.3) is 0 Å². The zero-order chi connectivity index (χ0) is 14.8. The summed E-state index contributed by atoms with van der Waals surface area (Å²) in [5.41, 5.74) is 6.58. The van der Waals surface area contributed by atoms with Crippen LogP contribution in [0.2, 0.25) is 5.02 Å². The first kappa shape index (κ1) is 14.1. The van der Waals surface area contributed by atoms with Gasteiger partial charge in [-0.3, -0.25) is 0 Å². The van der Waals surface area contributed by atoms with Crippen LogP contribution in [-0.4, -0.2) is 22.4 Å². The summed E-state index contributed by atoms with van der Waals surface area (Å²) >= 11 is 11.0. The monoisotopic (exact) mass is 319 g/mol. The van der Waals surface area contributed by atoms with E-state index < -0.39 is 0 Å². The van der Waals surface area contributed by atoms with Gasteiger partial charge in [-0.05, 0) is 49.3 Å². The highest BCUT2D eigenvalue weighted by Crippen LogP contribution is 2.27. The molecular formula is C15H14ClN3OS. The molecule has 1 aliphatic rings. The number of furan rings is 1. The summed E-state index contributed by atoms with van der Waals surface area (Å²) in [7, 11) is 0. The summed E-state index contributed by atoms with van der Waals surface area (Å²) in [6.45, 7) is 0. The van der Waals surface area contributed by atoms with Crippen molar-refractivity contribution in [2.45, 2.75) is 18.9 Å². The van der Waals surface area contributed by atoms with Crippen molar-refractivity contribution in [3.05, 3.63) is 47.2 Å². The first-order valence-electron chi connectivity index (χ1n) is 6.62. The normalized spacial score (nSPS) is 14.5. The highest BCUT2D eigenvalue weighted by atomic mass is 35.5. The average Bonchev–Trinajstić information content (AvgIpc) is 3.16. The molecule has 0 bridgehead atoms. The van der Waals surface area contributed by atoms with Gasteiger partial charge >= 0.3 is 0 Å². The Kier molecular flexibility index (Phi) is 3.94. The van der Waals surface area contributed by atoms with Crippen molar-refractivity contribution in [3.63, 3.8) is 0 Å². The molecule has 1 aliphatic carbocycles. The van der Waals surface area contributed by atoms with E-state index in [0.29, 0.717) is 16.8 Å². The Hall–Kier alpha value is -1.85. The molecule has 0 radical (unpaired) electrons. The van der Waals surface area contributed by atoms with E-state index in [-0.39, 0.29) is 5.11 Å². The van der Waals surface area contributed by atoms with Crippen LogP contribution in [0.1, 0.15) is 18.6 Å². The Morgan fingerprint density at radius 3 is 2.86 bits per heavy atom. The van der Waals surface area contributed by atoms with Crippen molar-refractivity contribution in [2.75, 3.05) is 0 Å². The molecule has 4 nitrogen and oxygen atoms in total. The van der Waals surface area contributed by atoms with Crippen molar-refractivity contribution in [2.24, 2.45) is 10.8 Å². The molecule has 2 aromatic rings. The standard InChI is InChI=1S/C15H14ClN3OS/c16-11-3-1-2-10(8-11)14-7-6-13(20-14)9-18-19(15(17)21)12-4-5-12/h1-3,6-9,12H,4-5H2,(H2,17,21). The van der Waals surface area contributed by atoms with Crippen LogP contribution < -0.4 is 5.73 Å². The van der Waals surface area contributed by atoms with Gasteiger partial charge in [0, 0.05) is 10.6 Å². The van der Waals surface area contributed by atoms with Gasteiger partial charge in [-0.2, -0.15) is 5.10 Å². The van der Waals surface area contributed by atoms with Gasteiger partial charge in [0.05, 0.1) is 12.3 Å². The minimum absolute atomic E-state index is 0.287. The van der Waals surface area contributed by atoms with Crippen LogP contribution in [0, 0.1) is 0 Å². The topological polar surface area (TPSA) is 54.8 Å². The minimum Gasteiger partial charge on any atom is -0.455 e. The first-order chi connectivity index (χ1) is 10.1. The Morgan fingerprint density at radius 2 is 2.19 bits per heavy atom. The SMILES string of the molecule is NC(=S)N(N=Cc1ccc(-c2cccc(Cl)c2)o1)C1CC1. The highest BCUT2D eigenvalue weighted by Gasteiger charge is 2.29. The lowest BCUT2D eigenvalue weighted by Crippen LogP contribution is -2.32. The van der Waals surface area contributed by atoms with E-state index in [1.54, 1.807) is 11.2 Å². The molecule has 108 valence electrons. The molecule has 0 amide bonds. The average molecular weight is 320 g/mol. The second-order valence-electron chi connectivity index (χ2n) is 4.87. The third kappa shape index (κ3) is 3.43. The molecular weight excluding hydrogens is 306 g/mol. The number of nitrogens with two attached hydrogens (primary N) is 1. The molecule has 1 heterocycles. The molecule has 1 saturated carbocycles. The maximum absolute atomic E-state index is 5.98. The summed E-state index contributed by atoms with van der Waals surface area (Å²) < 4.78 is 5.74. The number of thiocarbonyl (C=S) groups is 1. The second kappa shape index (κ2) is 5.87. The molecule has 1 fully saturated rings. The Bertz CT molecular complexity index is 694. The maximum Gasteiger partial charge on any atom is 0.187 e. The lowest BCUT2D eigenvalue weighted by Gasteiger charge is -2.14. The Balaban J connectivity index is 1.77. The van der Waals surface area contributed by atoms with Crippen molar-refractivity contribution in [3.8, 4) is 11.3 Å². The van der Waals surface area contributed by atoms with Crippen molar-refractivity contribution >= 4 is 35.1 Å². The summed E-state index contributed by atoms with van der Waals surface area (Å²) in [5.74, 6) is 1.39. The number of rotatable bonds is 4. The van der Waals surface area contributed by atoms with E-state index in [2.05, 4.69) is 5.10 Å². The van der Waals surface area contributed by atoms with Crippen LogP contribution >= 0.6 is 23.8 Å². The van der Waals surface area contributed by atoms with Gasteiger partial charge in [0.15, 0.2) is 5.11 Å². The predicted octanol–water partition coefficient (Wildman–Crippen LogP) is 3.64. The van der Waals surface area contributed by atoms with Crippen molar-refractivity contribution < 1.29 is 4.42 Å². The summed E-state index contributed by atoms with van der Waals surface area (Å²) in [6, 6.07) is 11.6. The summed E-state index contributed by atoms with van der Waals surface area (Å²) in [5, 5.41) is 6.93. The fraction of sp³-hybridized carbons (Fsp3) is 0.200. The molecule has 21 heavy (non-hydrogen) atoms. The number of hydrogen-bond donors (Lipinski definition) is 1. The van der Waals surface area contributed by atoms with Crippen LogP contribution in [0.25, 0.3) is 11.3 Å². The molecule has 1 aromatic carbocycles. The molecule has 0 saturated heterocycles. The maximum atomic E-state index is 5.98. The largest absolute Gasteiger partial charge is 0.455 e. The fourth-order valence-electron chi connectivity index (χ4n) is 1.99. The van der Waals surface area contributed by atoms with Crippen molar-refractivity contribution in [1.82, 2.24) is 5.01 Å². The van der Waals surface area contributed by atoms with Gasteiger partial charge in [-0.15, -0.1) is 0 Å². The van der Waals surface area contributed by atoms with Crippen LogP contribution in [0.3, 0.4) is 0 Å². The Labute approximate surface area is 133 Å². The van der Waals surface area contributed by atoms with Gasteiger partial charge < -0.3 is 10.2 Å². The molecule has 0 aliphatic heterocycles. The second-order valence-corrected chi connectivity index (χ2v) is 5.73. The molecule has 0 atom stereocenters. The number of halogens is 1. The van der Waals surface area contributed by atoms with E-state index in [0.717, 1.165) is 24.2 Å². The Morgan fingerprint density at radius 1 is 1.38 bits per heavy atom. The van der Waals surface area contributed by atoms with Crippen LogP contribution in [0.5, 0.6) is 0 Å². The summed E-state index contributed by atoms with van der Waals surface area (Å²) in [4.78, 5) is 0. The summed E-state index contributed by atoms with van der Waals surface area (Å²) in [6.07, 6.45) is 3.77. The minimum atomic E-state index is 0.287. The number of benzene rings is 1. The third-order valence-electron chi connectivity index (χ3n) is 3.16. The van der Waals surface area contributed by atoms with E-state index >= 15 is 0 Å². The van der Waals surface area contributed by atoms with Crippen molar-refractivity contribution in [1.29, 1.82) is 0 Å². The van der Waals surface area contributed by atoms with E-state index in [1.165, 1.54) is 0 Å². The number of nitrogens with zero attached hydrogens (tertiary/aromatic N) is 2. The number of hydrogen-bond acceptors (Lipinski definition) is 3. The molecule has 3 rings (SSSR count). The predicted molar refractivity (Wildman–Crippen MR) is 88.4 cm³/mol. The van der Waals surface area contributed by atoms with Gasteiger partial charge in [-0.25, -0.2) is 5.01 Å². The van der Waals surface area contributed by atoms with E-state index in [4.69, 9.17) is 34.0 Å². The fourth-order valence-corrected chi connectivity index (χ4v) is 2.37. The highest BCUT2D eigenvalue weighted by molar-refractivity contribution is 7.80. The lowest BCUT2D eigenvalue weighted by molar-refractivity contribution is 0.439. The zero-order valence-electron chi connectivity index (χ0n) is 11.2. The smallest absolute Gasteiger partial charge is 0.187 e. The van der Waals surface area contributed by atoms with E-state index in [1.807, 2.05) is 36.4 Å². The molecule has 2 N–H and O–H groups in total. The quantitative estimate of drug-likeness (QED) is 0.531. The van der Waals surface area contributed by atoms with Crippen LogP contribution in [-0.2, 0) is 0 Å². The van der Waals surface area contributed by atoms with Gasteiger partial charge in [0.1, 0.15) is 11.5 Å². The molecule has 1 aromatic heterocycles.